The Morgan fingerprint density at radius 3 is 2.58 bits per heavy atom. The molecular formula is C22H24ClN7S. The Labute approximate surface area is 190 Å². The zero-order chi connectivity index (χ0) is 21.6. The minimum absolute atomic E-state index is 0.0957. The van der Waals surface area contributed by atoms with Gasteiger partial charge < -0.3 is 22.1 Å². The number of rotatable bonds is 3. The van der Waals surface area contributed by atoms with E-state index >= 15 is 0 Å². The summed E-state index contributed by atoms with van der Waals surface area (Å²) in [5.41, 5.74) is 21.5. The number of anilines is 3. The number of halogens is 1. The van der Waals surface area contributed by atoms with E-state index in [4.69, 9.17) is 28.8 Å². The second kappa shape index (κ2) is 7.85. The van der Waals surface area contributed by atoms with Crippen LogP contribution in [0.25, 0.3) is 0 Å². The highest BCUT2D eigenvalue weighted by Crippen LogP contribution is 2.51. The maximum absolute atomic E-state index is 6.69. The average Bonchev–Trinajstić information content (AvgIpc) is 3.05. The van der Waals surface area contributed by atoms with Crippen LogP contribution in [-0.4, -0.2) is 28.0 Å². The van der Waals surface area contributed by atoms with Crippen LogP contribution in [0, 0.1) is 5.41 Å². The van der Waals surface area contributed by atoms with Crippen molar-refractivity contribution in [2.75, 3.05) is 29.5 Å². The van der Waals surface area contributed by atoms with Gasteiger partial charge in [0.1, 0.15) is 16.7 Å². The van der Waals surface area contributed by atoms with Crippen molar-refractivity contribution >= 4 is 40.8 Å². The summed E-state index contributed by atoms with van der Waals surface area (Å²) < 4.78 is 0. The van der Waals surface area contributed by atoms with Gasteiger partial charge in [0.2, 0.25) is 0 Å². The first-order valence-electron chi connectivity index (χ1n) is 10.3. The van der Waals surface area contributed by atoms with Gasteiger partial charge in [0, 0.05) is 30.2 Å². The Balaban J connectivity index is 1.29. The predicted octanol–water partition coefficient (Wildman–Crippen LogP) is 3.68. The largest absolute Gasteiger partial charge is 0.382 e. The van der Waals surface area contributed by atoms with Crippen LogP contribution in [0.3, 0.4) is 0 Å². The number of piperidine rings is 1. The molecule has 0 amide bonds. The molecule has 1 aliphatic carbocycles. The summed E-state index contributed by atoms with van der Waals surface area (Å²) >= 11 is 7.57. The SMILES string of the molecule is Nc1nc(N2CCC3(CC2)Cc2ccccc2C3N)cnc1Sc1ccnc(N)c1Cl. The summed E-state index contributed by atoms with van der Waals surface area (Å²) in [4.78, 5) is 16.1. The Kier molecular flexibility index (Phi) is 5.16. The van der Waals surface area contributed by atoms with Gasteiger partial charge in [0.25, 0.3) is 0 Å². The van der Waals surface area contributed by atoms with Gasteiger partial charge in [-0.1, -0.05) is 47.6 Å². The molecule has 5 rings (SSSR count). The number of hydrogen-bond donors (Lipinski definition) is 3. The van der Waals surface area contributed by atoms with Gasteiger partial charge in [-0.05, 0) is 41.9 Å². The van der Waals surface area contributed by atoms with Crippen molar-refractivity contribution in [3.63, 3.8) is 0 Å². The highest BCUT2D eigenvalue weighted by molar-refractivity contribution is 7.99. The molecule has 2 aromatic heterocycles. The van der Waals surface area contributed by atoms with Crippen LogP contribution < -0.4 is 22.1 Å². The molecule has 0 bridgehead atoms. The second-order valence-corrected chi connectivity index (χ2v) is 9.64. The molecular weight excluding hydrogens is 430 g/mol. The van der Waals surface area contributed by atoms with Crippen molar-refractivity contribution in [2.45, 2.75) is 35.2 Å². The van der Waals surface area contributed by atoms with Crippen LogP contribution in [0.2, 0.25) is 5.02 Å². The first-order valence-corrected chi connectivity index (χ1v) is 11.4. The van der Waals surface area contributed by atoms with E-state index in [0.29, 0.717) is 15.9 Å². The van der Waals surface area contributed by atoms with E-state index in [1.807, 2.05) is 0 Å². The quantitative estimate of drug-likeness (QED) is 0.549. The fourth-order valence-corrected chi connectivity index (χ4v) is 5.74. The lowest BCUT2D eigenvalue weighted by atomic mass is 9.73. The zero-order valence-corrected chi connectivity index (χ0v) is 18.5. The van der Waals surface area contributed by atoms with Crippen molar-refractivity contribution in [2.24, 2.45) is 11.1 Å². The highest BCUT2D eigenvalue weighted by atomic mass is 35.5. The molecule has 6 N–H and O–H groups in total. The number of aromatic nitrogens is 3. The summed E-state index contributed by atoms with van der Waals surface area (Å²) in [7, 11) is 0. The van der Waals surface area contributed by atoms with Crippen LogP contribution in [-0.2, 0) is 6.42 Å². The molecule has 0 saturated carbocycles. The van der Waals surface area contributed by atoms with Crippen molar-refractivity contribution in [3.05, 3.63) is 58.9 Å². The van der Waals surface area contributed by atoms with Gasteiger partial charge in [-0.25, -0.2) is 15.0 Å². The molecule has 1 aromatic carbocycles. The van der Waals surface area contributed by atoms with Crippen molar-refractivity contribution < 1.29 is 0 Å². The molecule has 1 atom stereocenters. The summed E-state index contributed by atoms with van der Waals surface area (Å²) in [6, 6.07) is 10.4. The van der Waals surface area contributed by atoms with Gasteiger partial charge >= 0.3 is 0 Å². The molecule has 1 fully saturated rings. The molecule has 3 aromatic rings. The predicted molar refractivity (Wildman–Crippen MR) is 125 cm³/mol. The maximum atomic E-state index is 6.69. The van der Waals surface area contributed by atoms with Crippen LogP contribution in [0.4, 0.5) is 17.5 Å². The fraction of sp³-hybridized carbons (Fsp3) is 0.318. The van der Waals surface area contributed by atoms with Gasteiger partial charge in [-0.15, -0.1) is 0 Å². The normalized spacial score (nSPS) is 19.5. The Morgan fingerprint density at radius 1 is 1.06 bits per heavy atom. The summed E-state index contributed by atoms with van der Waals surface area (Å²) in [6.07, 6.45) is 6.48. The van der Waals surface area contributed by atoms with Gasteiger partial charge in [0.15, 0.2) is 5.82 Å². The molecule has 160 valence electrons. The third-order valence-corrected chi connectivity index (χ3v) is 8.09. The summed E-state index contributed by atoms with van der Waals surface area (Å²) in [5.74, 6) is 1.45. The molecule has 7 nitrogen and oxygen atoms in total. The summed E-state index contributed by atoms with van der Waals surface area (Å²) in [5, 5.41) is 0.992. The molecule has 1 unspecified atom stereocenters. The number of nitrogens with zero attached hydrogens (tertiary/aromatic N) is 4. The molecule has 1 saturated heterocycles. The van der Waals surface area contributed by atoms with E-state index < -0.39 is 0 Å². The topological polar surface area (TPSA) is 120 Å². The third kappa shape index (κ3) is 3.58. The van der Waals surface area contributed by atoms with E-state index in [0.717, 1.165) is 43.1 Å². The lowest BCUT2D eigenvalue weighted by molar-refractivity contribution is 0.187. The number of pyridine rings is 1. The Morgan fingerprint density at radius 2 is 1.84 bits per heavy atom. The lowest BCUT2D eigenvalue weighted by Gasteiger charge is -2.42. The average molecular weight is 454 g/mol. The van der Waals surface area contributed by atoms with Crippen molar-refractivity contribution in [1.29, 1.82) is 0 Å². The minimum atomic E-state index is 0.0957. The van der Waals surface area contributed by atoms with Crippen LogP contribution >= 0.6 is 23.4 Å². The molecule has 0 radical (unpaired) electrons. The molecule has 3 heterocycles. The van der Waals surface area contributed by atoms with E-state index in [1.165, 1.54) is 22.9 Å². The van der Waals surface area contributed by atoms with Crippen molar-refractivity contribution in [1.82, 2.24) is 15.0 Å². The highest BCUT2D eigenvalue weighted by Gasteiger charge is 2.45. The zero-order valence-electron chi connectivity index (χ0n) is 17.0. The van der Waals surface area contributed by atoms with Crippen LogP contribution in [0.1, 0.15) is 30.0 Å². The molecule has 9 heteroatoms. The smallest absolute Gasteiger partial charge is 0.158 e. The molecule has 1 aliphatic heterocycles. The maximum Gasteiger partial charge on any atom is 0.158 e. The Hall–Kier alpha value is -2.55. The van der Waals surface area contributed by atoms with Gasteiger partial charge in [-0.2, -0.15) is 0 Å². The van der Waals surface area contributed by atoms with Gasteiger partial charge in [-0.3, -0.25) is 0 Å². The van der Waals surface area contributed by atoms with E-state index in [1.54, 1.807) is 18.5 Å². The number of hydrogen-bond acceptors (Lipinski definition) is 8. The number of nitrogens with two attached hydrogens (primary N) is 3. The lowest BCUT2D eigenvalue weighted by Crippen LogP contribution is -2.44. The van der Waals surface area contributed by atoms with E-state index in [2.05, 4.69) is 44.1 Å². The number of benzene rings is 1. The second-order valence-electron chi connectivity index (χ2n) is 8.23. The van der Waals surface area contributed by atoms with E-state index in [9.17, 15) is 0 Å². The fourth-order valence-electron chi connectivity index (χ4n) is 4.72. The van der Waals surface area contributed by atoms with Crippen LogP contribution in [0.15, 0.2) is 52.6 Å². The minimum Gasteiger partial charge on any atom is -0.382 e. The van der Waals surface area contributed by atoms with Crippen LogP contribution in [0.5, 0.6) is 0 Å². The summed E-state index contributed by atoms with van der Waals surface area (Å²) in [6.45, 7) is 1.77. The van der Waals surface area contributed by atoms with Gasteiger partial charge in [0.05, 0.1) is 11.2 Å². The van der Waals surface area contributed by atoms with Crippen molar-refractivity contribution in [3.8, 4) is 0 Å². The first kappa shape index (κ1) is 20.4. The first-order chi connectivity index (χ1) is 15.0. The Bertz CT molecular complexity index is 1130. The monoisotopic (exact) mass is 453 g/mol. The third-order valence-electron chi connectivity index (χ3n) is 6.51. The number of fused-ring (bicyclic) bond motifs is 1. The number of nitrogen functional groups attached to an aromatic ring is 2. The molecule has 1 spiro atoms. The van der Waals surface area contributed by atoms with E-state index in [-0.39, 0.29) is 17.3 Å². The standard InChI is InChI=1S/C22H24ClN7S/c23-17-15(5-8-27-19(17)25)31-21-20(26)29-16(12-28-21)30-9-6-22(7-10-30)11-13-3-1-2-4-14(13)18(22)24/h1-5,8,12,18H,6-7,9-11,24H2,(H2,25,27)(H2,26,29). The molecule has 2 aliphatic rings. The molecule has 31 heavy (non-hydrogen) atoms.